The summed E-state index contributed by atoms with van der Waals surface area (Å²) in [6, 6.07) is 0. The minimum absolute atomic E-state index is 0. The Kier molecular flexibility index (Phi) is 7.59. The van der Waals surface area contributed by atoms with Crippen LogP contribution >= 0.6 is 7.60 Å². The fourth-order valence-corrected chi connectivity index (χ4v) is 0. The molecule has 40 valence electrons. The third-order valence-corrected chi connectivity index (χ3v) is 0.553. The molecule has 0 saturated carbocycles. The van der Waals surface area contributed by atoms with Gasteiger partial charge in [0.1, 0.15) is 6.35 Å². The van der Waals surface area contributed by atoms with Crippen molar-refractivity contribution in [2.45, 2.75) is 0 Å². The minimum atomic E-state index is -4.09. The average molecular weight is 152 g/mol. The van der Waals surface area contributed by atoms with Gasteiger partial charge in [0.05, 0.1) is 0 Å². The van der Waals surface area contributed by atoms with Gasteiger partial charge in [-0.05, 0) is 0 Å². The van der Waals surface area contributed by atoms with Crippen LogP contribution in [0, 0.1) is 0 Å². The van der Waals surface area contributed by atoms with Crippen LogP contribution in [0.1, 0.15) is 0 Å². The molecule has 7 heavy (non-hydrogen) atoms. The summed E-state index contributed by atoms with van der Waals surface area (Å²) in [5, 5.41) is 7.64. The van der Waals surface area contributed by atoms with Crippen molar-refractivity contribution in [1.82, 2.24) is 0 Å². The Morgan fingerprint density at radius 2 is 1.57 bits per heavy atom. The van der Waals surface area contributed by atoms with Crippen molar-refractivity contribution in [2.75, 3.05) is 6.35 Å². The molecule has 0 fully saturated rings. The molecule has 0 radical (unpaired) electrons. The van der Waals surface area contributed by atoms with Gasteiger partial charge >= 0.3 is 59.0 Å². The van der Waals surface area contributed by atoms with Crippen LogP contribution in [-0.4, -0.2) is 72.6 Å². The molecule has 0 aromatic rings. The number of aliphatic hydroxyl groups is 1. The Bertz CT molecular complexity index is 75.8. The second-order valence-electron chi connectivity index (χ2n) is 0.806. The first-order valence-corrected chi connectivity index (χ1v) is 3.01. The van der Waals surface area contributed by atoms with Crippen LogP contribution in [-0.2, 0) is 4.57 Å². The van der Waals surface area contributed by atoms with Crippen LogP contribution in [0.5, 0.6) is 0 Å². The third-order valence-electron chi connectivity index (χ3n) is 0.184. The molecule has 0 aliphatic heterocycles. The van der Waals surface area contributed by atoms with Crippen LogP contribution in [0.3, 0.4) is 0 Å². The number of hydrogen-bond acceptors (Lipinski definition) is 2. The second-order valence-corrected chi connectivity index (χ2v) is 2.42. The molecule has 0 aromatic heterocycles. The van der Waals surface area contributed by atoms with Gasteiger partial charge in [-0.1, -0.05) is 0 Å². The molecule has 0 rings (SSSR count). The Labute approximate surface area is 83.5 Å². The van der Waals surface area contributed by atoms with Crippen molar-refractivity contribution in [2.24, 2.45) is 0 Å². The molecule has 0 atom stereocenters. The zero-order valence-corrected chi connectivity index (χ0v) is 3.80. The molecule has 6 heteroatoms. The quantitative estimate of drug-likeness (QED) is 0.314. The van der Waals surface area contributed by atoms with E-state index < -0.39 is 13.9 Å². The second kappa shape index (κ2) is 4.61. The Hall–Kier alpha value is 1.75. The van der Waals surface area contributed by atoms with Gasteiger partial charge in [0.15, 0.2) is 0 Å². The molecule has 0 heterocycles. The van der Waals surface area contributed by atoms with Crippen LogP contribution in [0.2, 0.25) is 0 Å². The van der Waals surface area contributed by atoms with Gasteiger partial charge < -0.3 is 14.9 Å². The van der Waals surface area contributed by atoms with E-state index in [2.05, 4.69) is 0 Å². The zero-order chi connectivity index (χ0) is 5.21. The first-order chi connectivity index (χ1) is 2.56. The number of rotatable bonds is 1. The number of hydrogen-bond donors (Lipinski definition) is 3. The van der Waals surface area contributed by atoms with Gasteiger partial charge in [-0.15, -0.1) is 0 Å². The fraction of sp³-hybridized carbons (Fsp3) is 1.00. The fourth-order valence-electron chi connectivity index (χ4n) is 0. The van der Waals surface area contributed by atoms with E-state index in [1.165, 1.54) is 0 Å². The van der Waals surface area contributed by atoms with E-state index in [0.29, 0.717) is 0 Å². The van der Waals surface area contributed by atoms with E-state index in [1.807, 2.05) is 0 Å². The van der Waals surface area contributed by atoms with Crippen LogP contribution < -0.4 is 0 Å². The molecule has 0 spiro atoms. The SMILES string of the molecule is O=P(O)(O)CO.[KH]. The molecule has 0 bridgehead atoms. The summed E-state index contributed by atoms with van der Waals surface area (Å²) in [4.78, 5) is 15.4. The van der Waals surface area contributed by atoms with E-state index in [1.54, 1.807) is 0 Å². The van der Waals surface area contributed by atoms with E-state index >= 15 is 0 Å². The van der Waals surface area contributed by atoms with Gasteiger partial charge in [0.2, 0.25) is 0 Å². The van der Waals surface area contributed by atoms with Crippen LogP contribution in [0.4, 0.5) is 0 Å². The van der Waals surface area contributed by atoms with Crippen molar-refractivity contribution in [1.29, 1.82) is 0 Å². The molecule has 3 N–H and O–H groups in total. The molecular weight excluding hydrogens is 146 g/mol. The third kappa shape index (κ3) is 11.4. The van der Waals surface area contributed by atoms with Gasteiger partial charge in [-0.25, -0.2) is 0 Å². The van der Waals surface area contributed by atoms with Crippen molar-refractivity contribution in [3.8, 4) is 0 Å². The first kappa shape index (κ1) is 11.5. The Morgan fingerprint density at radius 3 is 1.57 bits per heavy atom. The molecular formula is CH6KO4P. The summed E-state index contributed by atoms with van der Waals surface area (Å²) in [5.41, 5.74) is 0. The van der Waals surface area contributed by atoms with Crippen LogP contribution in [0.15, 0.2) is 0 Å². The number of aliphatic hydroxyl groups excluding tert-OH is 1. The maximum absolute atomic E-state index is 9.44. The van der Waals surface area contributed by atoms with Crippen LogP contribution in [0.25, 0.3) is 0 Å². The van der Waals surface area contributed by atoms with Gasteiger partial charge in [0.25, 0.3) is 0 Å². The van der Waals surface area contributed by atoms with E-state index in [0.717, 1.165) is 0 Å². The molecule has 0 aliphatic rings. The normalized spacial score (nSPS) is 10.1. The first-order valence-electron chi connectivity index (χ1n) is 1.22. The predicted octanol–water partition coefficient (Wildman–Crippen LogP) is -1.53. The van der Waals surface area contributed by atoms with Crippen molar-refractivity contribution >= 4 is 59.0 Å². The summed E-state index contributed by atoms with van der Waals surface area (Å²) in [6.07, 6.45) is -1.06. The Balaban J connectivity index is 0. The standard InChI is InChI=1S/CH5O4P.K.H/c2-1-6(3,4)5;;/h2H,1H2,(H2,3,4,5);;. The topological polar surface area (TPSA) is 77.8 Å². The van der Waals surface area contributed by atoms with Crippen molar-refractivity contribution < 1.29 is 19.5 Å². The molecule has 0 amide bonds. The van der Waals surface area contributed by atoms with Gasteiger partial charge in [0, 0.05) is 0 Å². The van der Waals surface area contributed by atoms with E-state index in [9.17, 15) is 4.57 Å². The van der Waals surface area contributed by atoms with Gasteiger partial charge in [-0.2, -0.15) is 0 Å². The summed E-state index contributed by atoms with van der Waals surface area (Å²) >= 11 is 0. The molecule has 4 nitrogen and oxygen atoms in total. The average Bonchev–Trinajstić information content (AvgIpc) is 1.35. The zero-order valence-electron chi connectivity index (χ0n) is 2.90. The molecule has 0 aromatic carbocycles. The summed E-state index contributed by atoms with van der Waals surface area (Å²) in [6.45, 7) is 0. The van der Waals surface area contributed by atoms with Crippen molar-refractivity contribution in [3.63, 3.8) is 0 Å². The molecule has 0 saturated heterocycles. The summed E-state index contributed by atoms with van der Waals surface area (Å²) in [7, 11) is -4.09. The van der Waals surface area contributed by atoms with Crippen molar-refractivity contribution in [3.05, 3.63) is 0 Å². The molecule has 0 unspecified atom stereocenters. The van der Waals surface area contributed by atoms with E-state index in [-0.39, 0.29) is 51.4 Å². The predicted molar refractivity (Wildman–Crippen MR) is 26.3 cm³/mol. The molecule has 0 aliphatic carbocycles. The summed E-state index contributed by atoms with van der Waals surface area (Å²) in [5.74, 6) is 0. The van der Waals surface area contributed by atoms with E-state index in [4.69, 9.17) is 14.9 Å². The van der Waals surface area contributed by atoms with Gasteiger partial charge in [-0.3, -0.25) is 4.57 Å². The summed E-state index contributed by atoms with van der Waals surface area (Å²) < 4.78 is 9.44. The maximum atomic E-state index is 9.44. The monoisotopic (exact) mass is 152 g/mol. The Morgan fingerprint density at radius 1 is 1.43 bits per heavy atom.